The molecule has 2 aliphatic rings. The van der Waals surface area contributed by atoms with E-state index in [0.29, 0.717) is 18.0 Å². The van der Waals surface area contributed by atoms with Gasteiger partial charge in [0.1, 0.15) is 0 Å². The summed E-state index contributed by atoms with van der Waals surface area (Å²) >= 11 is 0. The highest BCUT2D eigenvalue weighted by atomic mass is 16.3. The maximum absolute atomic E-state index is 8.79. The summed E-state index contributed by atoms with van der Waals surface area (Å²) in [7, 11) is 0. The van der Waals surface area contributed by atoms with Gasteiger partial charge in [0.25, 0.3) is 0 Å². The van der Waals surface area contributed by atoms with Gasteiger partial charge in [-0.15, -0.1) is 0 Å². The van der Waals surface area contributed by atoms with Crippen LogP contribution in [0.15, 0.2) is 12.2 Å². The molecule has 2 heteroatoms. The van der Waals surface area contributed by atoms with E-state index in [0.717, 1.165) is 0 Å². The van der Waals surface area contributed by atoms with Crippen molar-refractivity contribution < 1.29 is 5.11 Å². The van der Waals surface area contributed by atoms with Crippen LogP contribution in [0.25, 0.3) is 0 Å². The Kier molecular flexibility index (Phi) is 1.10. The molecule has 3 atom stereocenters. The van der Waals surface area contributed by atoms with Gasteiger partial charge in [-0.2, -0.15) is 0 Å². The first-order valence-corrected chi connectivity index (χ1v) is 3.45. The maximum Gasteiger partial charge on any atom is 0.0590 e. The Morgan fingerprint density at radius 2 is 2.44 bits per heavy atom. The smallest absolute Gasteiger partial charge is 0.0590 e. The molecule has 0 aromatic rings. The first-order valence-electron chi connectivity index (χ1n) is 3.45. The molecule has 0 saturated carbocycles. The lowest BCUT2D eigenvalue weighted by atomic mass is 10.0. The van der Waals surface area contributed by atoms with Crippen LogP contribution in [0.2, 0.25) is 0 Å². The van der Waals surface area contributed by atoms with Crippen molar-refractivity contribution in [2.45, 2.75) is 18.5 Å². The van der Waals surface area contributed by atoms with E-state index in [-0.39, 0.29) is 6.61 Å². The van der Waals surface area contributed by atoms with E-state index in [9.17, 15) is 0 Å². The van der Waals surface area contributed by atoms with Gasteiger partial charge in [-0.3, -0.25) is 0 Å². The highest BCUT2D eigenvalue weighted by Crippen LogP contribution is 2.28. The minimum Gasteiger partial charge on any atom is -0.395 e. The quantitative estimate of drug-likeness (QED) is 0.479. The number of hydrogen-bond acceptors (Lipinski definition) is 2. The van der Waals surface area contributed by atoms with Gasteiger partial charge in [-0.25, -0.2) is 0 Å². The van der Waals surface area contributed by atoms with Crippen LogP contribution >= 0.6 is 0 Å². The lowest BCUT2D eigenvalue weighted by Gasteiger charge is -2.15. The SMILES string of the molecule is OC[C@@H]1N[C@H]2C=C[C@@H]1C2. The number of rotatable bonds is 1. The van der Waals surface area contributed by atoms with E-state index >= 15 is 0 Å². The molecule has 0 unspecified atom stereocenters. The van der Waals surface area contributed by atoms with Crippen LogP contribution in [0.3, 0.4) is 0 Å². The average Bonchev–Trinajstić information content (AvgIpc) is 2.45. The normalized spacial score (nSPS) is 46.6. The van der Waals surface area contributed by atoms with Crippen molar-refractivity contribution in [1.82, 2.24) is 5.32 Å². The van der Waals surface area contributed by atoms with Gasteiger partial charge in [0.2, 0.25) is 0 Å². The second kappa shape index (κ2) is 1.82. The summed E-state index contributed by atoms with van der Waals surface area (Å²) in [5, 5.41) is 12.1. The number of fused-ring (bicyclic) bond motifs is 2. The largest absolute Gasteiger partial charge is 0.395 e. The van der Waals surface area contributed by atoms with Gasteiger partial charge in [0.05, 0.1) is 6.61 Å². The molecule has 9 heavy (non-hydrogen) atoms. The highest BCUT2D eigenvalue weighted by molar-refractivity contribution is 5.15. The van der Waals surface area contributed by atoms with E-state index in [1.165, 1.54) is 6.42 Å². The van der Waals surface area contributed by atoms with Crippen LogP contribution in [0.4, 0.5) is 0 Å². The van der Waals surface area contributed by atoms with E-state index in [1.54, 1.807) is 0 Å². The van der Waals surface area contributed by atoms with Gasteiger partial charge in [-0.1, -0.05) is 12.2 Å². The third-order valence-electron chi connectivity index (χ3n) is 2.26. The van der Waals surface area contributed by atoms with Crippen molar-refractivity contribution in [2.75, 3.05) is 6.61 Å². The number of nitrogens with one attached hydrogen (secondary N) is 1. The van der Waals surface area contributed by atoms with Crippen LogP contribution < -0.4 is 5.32 Å². The third kappa shape index (κ3) is 0.705. The molecular weight excluding hydrogens is 114 g/mol. The fraction of sp³-hybridized carbons (Fsp3) is 0.714. The van der Waals surface area contributed by atoms with Crippen LogP contribution in [0, 0.1) is 5.92 Å². The fourth-order valence-corrected chi connectivity index (χ4v) is 1.74. The second-order valence-electron chi connectivity index (χ2n) is 2.85. The summed E-state index contributed by atoms with van der Waals surface area (Å²) in [5.41, 5.74) is 0. The molecular formula is C7H11NO. The second-order valence-corrected chi connectivity index (χ2v) is 2.85. The first kappa shape index (κ1) is 5.45. The number of aliphatic hydroxyl groups excluding tert-OH is 1. The minimum absolute atomic E-state index is 0.283. The van der Waals surface area contributed by atoms with Gasteiger partial charge in [0, 0.05) is 12.1 Å². The summed E-state index contributed by atoms with van der Waals surface area (Å²) < 4.78 is 0. The zero-order chi connectivity index (χ0) is 6.27. The molecule has 1 heterocycles. The molecule has 0 aromatic carbocycles. The lowest BCUT2D eigenvalue weighted by Crippen LogP contribution is -2.35. The predicted molar refractivity (Wildman–Crippen MR) is 35.0 cm³/mol. The predicted octanol–water partition coefficient (Wildman–Crippen LogP) is -0.105. The van der Waals surface area contributed by atoms with Crippen molar-refractivity contribution in [2.24, 2.45) is 5.92 Å². The first-order chi connectivity index (χ1) is 4.40. The molecule has 1 aliphatic carbocycles. The Morgan fingerprint density at radius 1 is 1.56 bits per heavy atom. The molecule has 50 valence electrons. The van der Waals surface area contributed by atoms with Crippen molar-refractivity contribution >= 4 is 0 Å². The molecule has 0 radical (unpaired) electrons. The van der Waals surface area contributed by atoms with Crippen molar-refractivity contribution in [1.29, 1.82) is 0 Å². The van der Waals surface area contributed by atoms with Crippen LogP contribution in [-0.4, -0.2) is 23.8 Å². The number of aliphatic hydroxyl groups is 1. The zero-order valence-electron chi connectivity index (χ0n) is 5.25. The van der Waals surface area contributed by atoms with Gasteiger partial charge >= 0.3 is 0 Å². The van der Waals surface area contributed by atoms with Crippen LogP contribution in [0.1, 0.15) is 6.42 Å². The molecule has 2 nitrogen and oxygen atoms in total. The van der Waals surface area contributed by atoms with E-state index in [2.05, 4.69) is 17.5 Å². The molecule has 2 rings (SSSR count). The molecule has 0 spiro atoms. The number of hydrogen-bond donors (Lipinski definition) is 2. The monoisotopic (exact) mass is 125 g/mol. The Bertz CT molecular complexity index is 144. The Labute approximate surface area is 54.6 Å². The van der Waals surface area contributed by atoms with Crippen molar-refractivity contribution in [3.05, 3.63) is 12.2 Å². The third-order valence-corrected chi connectivity index (χ3v) is 2.26. The fourth-order valence-electron chi connectivity index (χ4n) is 1.74. The molecule has 0 amide bonds. The summed E-state index contributed by atoms with van der Waals surface area (Å²) in [5.74, 6) is 0.611. The minimum atomic E-state index is 0.283. The average molecular weight is 125 g/mol. The van der Waals surface area contributed by atoms with Gasteiger partial charge in [0.15, 0.2) is 0 Å². The van der Waals surface area contributed by atoms with Crippen molar-refractivity contribution in [3.8, 4) is 0 Å². The topological polar surface area (TPSA) is 32.3 Å². The molecule has 1 aliphatic heterocycles. The highest BCUT2D eigenvalue weighted by Gasteiger charge is 2.33. The van der Waals surface area contributed by atoms with Crippen LogP contribution in [-0.2, 0) is 0 Å². The molecule has 0 aromatic heterocycles. The van der Waals surface area contributed by atoms with Gasteiger partial charge in [-0.05, 0) is 12.3 Å². The summed E-state index contributed by atoms with van der Waals surface area (Å²) in [6.45, 7) is 0.283. The van der Waals surface area contributed by atoms with Crippen LogP contribution in [0.5, 0.6) is 0 Å². The Morgan fingerprint density at radius 3 is 2.78 bits per heavy atom. The molecule has 1 saturated heterocycles. The Balaban J connectivity index is 2.10. The van der Waals surface area contributed by atoms with Gasteiger partial charge < -0.3 is 10.4 Å². The van der Waals surface area contributed by atoms with E-state index < -0.39 is 0 Å². The molecule has 2 bridgehead atoms. The van der Waals surface area contributed by atoms with Crippen molar-refractivity contribution in [3.63, 3.8) is 0 Å². The summed E-state index contributed by atoms with van der Waals surface area (Å²) in [6.07, 6.45) is 5.60. The summed E-state index contributed by atoms with van der Waals surface area (Å²) in [4.78, 5) is 0. The molecule has 1 fully saturated rings. The van der Waals surface area contributed by atoms with E-state index in [4.69, 9.17) is 5.11 Å². The lowest BCUT2D eigenvalue weighted by molar-refractivity contribution is 0.236. The Hall–Kier alpha value is -0.340. The standard InChI is InChI=1S/C7H11NO/c9-4-7-5-1-2-6(3-5)8-7/h1-2,5-9H,3-4H2/t5-,6+,7+/m1/s1. The zero-order valence-corrected chi connectivity index (χ0v) is 5.25. The molecule has 2 N–H and O–H groups in total. The maximum atomic E-state index is 8.79. The summed E-state index contributed by atoms with van der Waals surface area (Å²) in [6, 6.07) is 0.909. The van der Waals surface area contributed by atoms with E-state index in [1.807, 2.05) is 0 Å².